The molecule has 0 aliphatic carbocycles. The van der Waals surface area contributed by atoms with Crippen LogP contribution >= 0.6 is 0 Å². The molecule has 3 N–H and O–H groups in total. The summed E-state index contributed by atoms with van der Waals surface area (Å²) >= 11 is 0. The Morgan fingerprint density at radius 1 is 1.19 bits per heavy atom. The second kappa shape index (κ2) is 6.94. The minimum Gasteiger partial charge on any atom is -0.497 e. The Morgan fingerprint density at radius 2 is 1.86 bits per heavy atom. The lowest BCUT2D eigenvalue weighted by Crippen LogP contribution is -2.50. The molecular formula is C14H20N2O5. The zero-order valence-electron chi connectivity index (χ0n) is 12.5. The van der Waals surface area contributed by atoms with Crippen LogP contribution in [0.15, 0.2) is 18.2 Å². The number of benzene rings is 1. The van der Waals surface area contributed by atoms with Gasteiger partial charge in [0.25, 0.3) is 0 Å². The maximum atomic E-state index is 11.9. The zero-order chi connectivity index (χ0) is 16.0. The van der Waals surface area contributed by atoms with Crippen LogP contribution in [-0.2, 0) is 9.59 Å². The fourth-order valence-electron chi connectivity index (χ4n) is 1.49. The van der Waals surface area contributed by atoms with Gasteiger partial charge in [0, 0.05) is 6.07 Å². The van der Waals surface area contributed by atoms with Gasteiger partial charge in [-0.3, -0.25) is 9.59 Å². The van der Waals surface area contributed by atoms with Crippen molar-refractivity contribution in [3.63, 3.8) is 0 Å². The van der Waals surface area contributed by atoms with Crippen molar-refractivity contribution >= 4 is 17.5 Å². The van der Waals surface area contributed by atoms with Crippen molar-refractivity contribution in [2.45, 2.75) is 19.4 Å². The van der Waals surface area contributed by atoms with E-state index in [1.807, 2.05) is 0 Å². The molecule has 116 valence electrons. The highest BCUT2D eigenvalue weighted by Gasteiger charge is 2.24. The Hall–Kier alpha value is -2.28. The van der Waals surface area contributed by atoms with Crippen molar-refractivity contribution in [2.24, 2.45) is 0 Å². The number of nitrogens with one attached hydrogen (secondary N) is 2. The highest BCUT2D eigenvalue weighted by Crippen LogP contribution is 2.28. The van der Waals surface area contributed by atoms with E-state index in [0.29, 0.717) is 17.2 Å². The van der Waals surface area contributed by atoms with Crippen molar-refractivity contribution < 1.29 is 24.2 Å². The number of carbonyl (C=O) groups is 2. The van der Waals surface area contributed by atoms with E-state index in [0.717, 1.165) is 0 Å². The first-order valence-corrected chi connectivity index (χ1v) is 6.29. The zero-order valence-corrected chi connectivity index (χ0v) is 12.5. The normalized spacial score (nSPS) is 10.7. The minimum absolute atomic E-state index is 0.283. The first-order valence-electron chi connectivity index (χ1n) is 6.29. The maximum absolute atomic E-state index is 11.9. The minimum atomic E-state index is -0.882. The lowest BCUT2D eigenvalue weighted by Gasteiger charge is -2.23. The van der Waals surface area contributed by atoms with Gasteiger partial charge in [-0.15, -0.1) is 0 Å². The van der Waals surface area contributed by atoms with Crippen LogP contribution in [0.4, 0.5) is 5.69 Å². The standard InChI is InChI=1S/C14H20N2O5/c1-14(2,8-17)16-13(19)12(18)15-10-7-9(20-3)5-6-11(10)21-4/h5-7,17H,8H2,1-4H3,(H,15,18)(H,16,19). The smallest absolute Gasteiger partial charge is 0.313 e. The molecule has 1 aromatic carbocycles. The van der Waals surface area contributed by atoms with Crippen LogP contribution in [0, 0.1) is 0 Å². The third-order valence-corrected chi connectivity index (χ3v) is 2.71. The molecule has 0 aliphatic rings. The highest BCUT2D eigenvalue weighted by atomic mass is 16.5. The molecule has 0 radical (unpaired) electrons. The largest absolute Gasteiger partial charge is 0.497 e. The van der Waals surface area contributed by atoms with Crippen molar-refractivity contribution in [3.05, 3.63) is 18.2 Å². The second-order valence-corrected chi connectivity index (χ2v) is 5.02. The summed E-state index contributed by atoms with van der Waals surface area (Å²) in [6.45, 7) is 2.92. The third-order valence-electron chi connectivity index (χ3n) is 2.71. The number of hydrogen-bond donors (Lipinski definition) is 3. The summed E-state index contributed by atoms with van der Waals surface area (Å²) in [5.41, 5.74) is -0.564. The van der Waals surface area contributed by atoms with Crippen LogP contribution < -0.4 is 20.1 Å². The molecule has 0 aromatic heterocycles. The Kier molecular flexibility index (Phi) is 5.54. The average Bonchev–Trinajstić information content (AvgIpc) is 2.46. The van der Waals surface area contributed by atoms with Crippen LogP contribution in [0.1, 0.15) is 13.8 Å². The lowest BCUT2D eigenvalue weighted by atomic mass is 10.1. The molecule has 21 heavy (non-hydrogen) atoms. The van der Waals surface area contributed by atoms with Crippen molar-refractivity contribution in [2.75, 3.05) is 26.1 Å². The fraction of sp³-hybridized carbons (Fsp3) is 0.429. The summed E-state index contributed by atoms with van der Waals surface area (Å²) in [5.74, 6) is -0.789. The first kappa shape index (κ1) is 16.8. The van der Waals surface area contributed by atoms with E-state index in [1.165, 1.54) is 14.2 Å². The van der Waals surface area contributed by atoms with Gasteiger partial charge in [-0.05, 0) is 26.0 Å². The molecule has 1 aromatic rings. The number of carbonyl (C=O) groups excluding carboxylic acids is 2. The van der Waals surface area contributed by atoms with Crippen molar-refractivity contribution in [1.29, 1.82) is 0 Å². The molecule has 0 saturated heterocycles. The van der Waals surface area contributed by atoms with Gasteiger partial charge >= 0.3 is 11.8 Å². The number of anilines is 1. The number of hydrogen-bond acceptors (Lipinski definition) is 5. The van der Waals surface area contributed by atoms with E-state index in [-0.39, 0.29) is 6.61 Å². The quantitative estimate of drug-likeness (QED) is 0.689. The number of rotatable bonds is 5. The van der Waals surface area contributed by atoms with Crippen molar-refractivity contribution in [1.82, 2.24) is 5.32 Å². The average molecular weight is 296 g/mol. The van der Waals surface area contributed by atoms with Gasteiger partial charge in [0.05, 0.1) is 32.1 Å². The van der Waals surface area contributed by atoms with Crippen LogP contribution in [0.25, 0.3) is 0 Å². The Bertz CT molecular complexity index is 528. The molecule has 7 heteroatoms. The molecule has 0 unspecified atom stereocenters. The van der Waals surface area contributed by atoms with E-state index in [1.54, 1.807) is 32.0 Å². The number of ether oxygens (including phenoxy) is 2. The van der Waals surface area contributed by atoms with Gasteiger partial charge in [-0.2, -0.15) is 0 Å². The van der Waals surface area contributed by atoms with Gasteiger partial charge in [-0.1, -0.05) is 0 Å². The first-order chi connectivity index (χ1) is 9.82. The van der Waals surface area contributed by atoms with E-state index in [2.05, 4.69) is 10.6 Å². The van der Waals surface area contributed by atoms with Gasteiger partial charge in [0.1, 0.15) is 11.5 Å². The van der Waals surface area contributed by atoms with Crippen LogP contribution in [-0.4, -0.2) is 43.3 Å². The number of aliphatic hydroxyl groups is 1. The van der Waals surface area contributed by atoms with E-state index >= 15 is 0 Å². The molecule has 0 saturated carbocycles. The highest BCUT2D eigenvalue weighted by molar-refractivity contribution is 6.40. The van der Waals surface area contributed by atoms with Crippen LogP contribution in [0.3, 0.4) is 0 Å². The summed E-state index contributed by atoms with van der Waals surface area (Å²) in [6, 6.07) is 4.83. The van der Waals surface area contributed by atoms with Crippen molar-refractivity contribution in [3.8, 4) is 11.5 Å². The number of aliphatic hydroxyl groups excluding tert-OH is 1. The van der Waals surface area contributed by atoms with Crippen LogP contribution in [0.2, 0.25) is 0 Å². The van der Waals surface area contributed by atoms with Crippen LogP contribution in [0.5, 0.6) is 11.5 Å². The topological polar surface area (TPSA) is 96.9 Å². The molecule has 0 aliphatic heterocycles. The molecule has 7 nitrogen and oxygen atoms in total. The second-order valence-electron chi connectivity index (χ2n) is 5.02. The fourth-order valence-corrected chi connectivity index (χ4v) is 1.49. The Balaban J connectivity index is 2.85. The predicted molar refractivity (Wildman–Crippen MR) is 77.5 cm³/mol. The predicted octanol–water partition coefficient (Wildman–Crippen LogP) is 0.529. The molecule has 1 rings (SSSR count). The summed E-state index contributed by atoms with van der Waals surface area (Å²) in [4.78, 5) is 23.6. The molecule has 2 amide bonds. The molecule has 0 heterocycles. The molecule has 0 fully saturated rings. The summed E-state index contributed by atoms with van der Waals surface area (Å²) in [6.07, 6.45) is 0. The summed E-state index contributed by atoms with van der Waals surface area (Å²) < 4.78 is 10.2. The summed E-state index contributed by atoms with van der Waals surface area (Å²) in [7, 11) is 2.94. The Morgan fingerprint density at radius 3 is 2.38 bits per heavy atom. The van der Waals surface area contributed by atoms with Gasteiger partial charge < -0.3 is 25.2 Å². The monoisotopic (exact) mass is 296 g/mol. The summed E-state index contributed by atoms with van der Waals surface area (Å²) in [5, 5.41) is 13.9. The van der Waals surface area contributed by atoms with Gasteiger partial charge in [-0.25, -0.2) is 0 Å². The lowest BCUT2D eigenvalue weighted by molar-refractivity contribution is -0.137. The molecule has 0 atom stereocenters. The molecule has 0 bridgehead atoms. The molecule has 0 spiro atoms. The molecular weight excluding hydrogens is 276 g/mol. The third kappa shape index (κ3) is 4.64. The van der Waals surface area contributed by atoms with E-state index < -0.39 is 17.4 Å². The number of methoxy groups -OCH3 is 2. The van der Waals surface area contributed by atoms with E-state index in [9.17, 15) is 9.59 Å². The maximum Gasteiger partial charge on any atom is 0.313 e. The SMILES string of the molecule is COc1ccc(OC)c(NC(=O)C(=O)NC(C)(C)CO)c1. The Labute approximate surface area is 123 Å². The number of amides is 2. The van der Waals surface area contributed by atoms with Gasteiger partial charge in [0.2, 0.25) is 0 Å². The van der Waals surface area contributed by atoms with Gasteiger partial charge in [0.15, 0.2) is 0 Å². The van der Waals surface area contributed by atoms with E-state index in [4.69, 9.17) is 14.6 Å².